The third kappa shape index (κ3) is 6.23. The van der Waals surface area contributed by atoms with Crippen LogP contribution >= 0.6 is 0 Å². The second kappa shape index (κ2) is 7.83. The smallest absolute Gasteiger partial charge is 0.400 e. The van der Waals surface area contributed by atoms with E-state index < -0.39 is 24.7 Å². The third-order valence-corrected chi connectivity index (χ3v) is 3.53. The topological polar surface area (TPSA) is 46.4 Å². The summed E-state index contributed by atoms with van der Waals surface area (Å²) in [5.74, 6) is 1.78. The summed E-state index contributed by atoms with van der Waals surface area (Å²) in [6, 6.07) is 0. The predicted molar refractivity (Wildman–Crippen MR) is 90.0 cm³/mol. The van der Waals surface area contributed by atoms with Gasteiger partial charge in [-0.05, 0) is 45.8 Å². The number of hydrogen-bond acceptors (Lipinski definition) is 3. The van der Waals surface area contributed by atoms with E-state index in [1.807, 2.05) is 27.7 Å². The van der Waals surface area contributed by atoms with Gasteiger partial charge in [-0.3, -0.25) is 0 Å². The molecule has 0 aliphatic carbocycles. The maximum absolute atomic E-state index is 12.3. The highest BCUT2D eigenvalue weighted by Gasteiger charge is 2.50. The number of alkyl halides is 2. The van der Waals surface area contributed by atoms with Gasteiger partial charge in [-0.25, -0.2) is 18.8 Å². The number of allylic oxidation sites excluding steroid dienone is 1. The van der Waals surface area contributed by atoms with Gasteiger partial charge >= 0.3 is 7.12 Å². The first kappa shape index (κ1) is 19.5. The van der Waals surface area contributed by atoms with E-state index >= 15 is 0 Å². The van der Waals surface area contributed by atoms with E-state index in [0.717, 1.165) is 6.08 Å². The lowest BCUT2D eigenvalue weighted by atomic mass is 9.90. The number of halogens is 2. The number of aliphatic imine (C=N–C) groups is 2. The van der Waals surface area contributed by atoms with Gasteiger partial charge in [0, 0.05) is 20.3 Å². The third-order valence-electron chi connectivity index (χ3n) is 3.53. The average Bonchev–Trinajstić information content (AvgIpc) is 2.59. The van der Waals surface area contributed by atoms with Crippen LogP contribution in [-0.4, -0.2) is 55.9 Å². The summed E-state index contributed by atoms with van der Waals surface area (Å²) in [7, 11) is 3.01. The molecule has 0 unspecified atom stereocenters. The van der Waals surface area contributed by atoms with Crippen molar-refractivity contribution in [2.75, 3.05) is 14.1 Å². The molecule has 23 heavy (non-hydrogen) atoms. The Balaban J connectivity index is 2.80. The summed E-state index contributed by atoms with van der Waals surface area (Å²) in [5.41, 5.74) is -0.875. The Morgan fingerprint density at radius 2 is 1.70 bits per heavy atom. The van der Waals surface area contributed by atoms with E-state index in [1.54, 1.807) is 25.0 Å². The Morgan fingerprint density at radius 3 is 2.17 bits per heavy atom. The van der Waals surface area contributed by atoms with E-state index in [4.69, 9.17) is 9.31 Å². The molecule has 0 aromatic heterocycles. The van der Waals surface area contributed by atoms with Crippen molar-refractivity contribution < 1.29 is 18.1 Å². The summed E-state index contributed by atoms with van der Waals surface area (Å²) >= 11 is 0. The van der Waals surface area contributed by atoms with E-state index in [2.05, 4.69) is 9.98 Å². The molecule has 0 aromatic rings. The zero-order valence-electron chi connectivity index (χ0n) is 14.5. The average molecular weight is 327 g/mol. The van der Waals surface area contributed by atoms with Gasteiger partial charge in [-0.1, -0.05) is 0 Å². The fourth-order valence-corrected chi connectivity index (χ4v) is 1.61. The highest BCUT2D eigenvalue weighted by atomic mass is 19.3. The maximum atomic E-state index is 12.3. The highest BCUT2D eigenvalue weighted by molar-refractivity contribution is 6.51. The molecule has 1 saturated heterocycles. The largest absolute Gasteiger partial charge is 0.488 e. The molecule has 1 aliphatic heterocycles. The fraction of sp³-hybridized carbons (Fsp3) is 0.600. The summed E-state index contributed by atoms with van der Waals surface area (Å²) in [6.07, 6.45) is 2.27. The number of nitrogens with zero attached hydrogens (tertiary/aromatic N) is 3. The minimum atomic E-state index is -2.55. The van der Waals surface area contributed by atoms with Gasteiger partial charge in [0.2, 0.25) is 0 Å². The summed E-state index contributed by atoms with van der Waals surface area (Å²) < 4.78 is 36.1. The second-order valence-corrected chi connectivity index (χ2v) is 6.36. The standard InChI is InChI=1S/C15H24BF2N3O2/c1-14(2)15(3,4)23-16(22-14)9-10-19-13(8-7-12(17)18)20-11-21(5)6/h7-12H,1-6H3/b8-7+,10-9+,19-13-,20-11?. The molecule has 0 amide bonds. The first-order valence-electron chi connectivity index (χ1n) is 7.30. The van der Waals surface area contributed by atoms with Crippen LogP contribution in [0, 0.1) is 0 Å². The van der Waals surface area contributed by atoms with Gasteiger partial charge in [0.1, 0.15) is 0 Å². The summed E-state index contributed by atoms with van der Waals surface area (Å²) in [6.45, 7) is 7.79. The van der Waals surface area contributed by atoms with E-state index in [9.17, 15) is 8.78 Å². The Hall–Kier alpha value is -1.54. The van der Waals surface area contributed by atoms with Crippen LogP contribution in [0.5, 0.6) is 0 Å². The van der Waals surface area contributed by atoms with E-state index in [1.165, 1.54) is 18.6 Å². The molecule has 1 aliphatic rings. The molecule has 1 fully saturated rings. The normalized spacial score (nSPS) is 21.4. The van der Waals surface area contributed by atoms with Crippen molar-refractivity contribution in [1.29, 1.82) is 0 Å². The first-order chi connectivity index (χ1) is 10.5. The lowest BCUT2D eigenvalue weighted by Gasteiger charge is -2.32. The van der Waals surface area contributed by atoms with Gasteiger partial charge in [-0.15, -0.1) is 0 Å². The minimum absolute atomic E-state index is 0.159. The van der Waals surface area contributed by atoms with Crippen LogP contribution in [0.25, 0.3) is 0 Å². The molecule has 1 heterocycles. The van der Waals surface area contributed by atoms with Crippen LogP contribution in [0.1, 0.15) is 27.7 Å². The van der Waals surface area contributed by atoms with Crippen LogP contribution in [-0.2, 0) is 9.31 Å². The van der Waals surface area contributed by atoms with Crippen LogP contribution in [0.2, 0.25) is 0 Å². The zero-order valence-corrected chi connectivity index (χ0v) is 14.5. The van der Waals surface area contributed by atoms with Crippen LogP contribution < -0.4 is 0 Å². The Morgan fingerprint density at radius 1 is 1.13 bits per heavy atom. The van der Waals surface area contributed by atoms with Gasteiger partial charge in [-0.2, -0.15) is 0 Å². The van der Waals surface area contributed by atoms with Crippen LogP contribution in [0.3, 0.4) is 0 Å². The molecule has 0 spiro atoms. The van der Waals surface area contributed by atoms with Crippen molar-refractivity contribution in [3.8, 4) is 0 Å². The monoisotopic (exact) mass is 327 g/mol. The molecule has 1 rings (SSSR count). The molecule has 0 radical (unpaired) electrons. The van der Waals surface area contributed by atoms with Crippen molar-refractivity contribution in [2.24, 2.45) is 9.98 Å². The van der Waals surface area contributed by atoms with Gasteiger partial charge in [0.15, 0.2) is 5.84 Å². The van der Waals surface area contributed by atoms with Crippen molar-refractivity contribution in [3.63, 3.8) is 0 Å². The van der Waals surface area contributed by atoms with Crippen molar-refractivity contribution in [2.45, 2.75) is 45.3 Å². The SMILES string of the molecule is CN(C)C=NC(/C=C/C(F)F)=N\C=C\B1OC(C)(C)C(C)(C)O1. The molecule has 0 saturated carbocycles. The number of hydrogen-bond donors (Lipinski definition) is 0. The van der Waals surface area contributed by atoms with E-state index in [0.29, 0.717) is 0 Å². The fourth-order valence-electron chi connectivity index (χ4n) is 1.61. The minimum Gasteiger partial charge on any atom is -0.400 e. The molecule has 0 aromatic carbocycles. The van der Waals surface area contributed by atoms with Gasteiger partial charge in [0.25, 0.3) is 6.43 Å². The maximum Gasteiger partial charge on any atom is 0.488 e. The highest BCUT2D eigenvalue weighted by Crippen LogP contribution is 2.36. The second-order valence-electron chi connectivity index (χ2n) is 6.36. The summed E-state index contributed by atoms with van der Waals surface area (Å²) in [4.78, 5) is 9.76. The van der Waals surface area contributed by atoms with Gasteiger partial charge in [0.05, 0.1) is 17.5 Å². The predicted octanol–water partition coefficient (Wildman–Crippen LogP) is 2.94. The molecular weight excluding hydrogens is 303 g/mol. The Bertz CT molecular complexity index is 479. The lowest BCUT2D eigenvalue weighted by molar-refractivity contribution is 0.00578. The van der Waals surface area contributed by atoms with Crippen molar-refractivity contribution >= 4 is 19.3 Å². The molecule has 0 atom stereocenters. The van der Waals surface area contributed by atoms with Crippen molar-refractivity contribution in [3.05, 3.63) is 24.3 Å². The lowest BCUT2D eigenvalue weighted by Crippen LogP contribution is -2.41. The molecular formula is C15H24BF2N3O2. The molecule has 0 N–H and O–H groups in total. The summed E-state index contributed by atoms with van der Waals surface area (Å²) in [5, 5.41) is 0. The Labute approximate surface area is 136 Å². The number of amidine groups is 1. The molecule has 0 bridgehead atoms. The first-order valence-corrected chi connectivity index (χ1v) is 7.30. The van der Waals surface area contributed by atoms with Crippen molar-refractivity contribution in [1.82, 2.24) is 4.90 Å². The molecule has 5 nitrogen and oxygen atoms in total. The molecule has 128 valence electrons. The van der Waals surface area contributed by atoms with Crippen LogP contribution in [0.4, 0.5) is 8.78 Å². The van der Waals surface area contributed by atoms with Crippen LogP contribution in [0.15, 0.2) is 34.3 Å². The Kier molecular flexibility index (Phi) is 6.64. The van der Waals surface area contributed by atoms with E-state index in [-0.39, 0.29) is 5.84 Å². The molecule has 8 heteroatoms. The zero-order chi connectivity index (χ0) is 17.7. The quantitative estimate of drug-likeness (QED) is 0.443. The van der Waals surface area contributed by atoms with Gasteiger partial charge < -0.3 is 14.2 Å². The number of rotatable bonds is 5.